The maximum absolute atomic E-state index is 12.5. The third-order valence-electron chi connectivity index (χ3n) is 3.77. The van der Waals surface area contributed by atoms with E-state index < -0.39 is 17.4 Å². The SMILES string of the molecule is COCC1(C(=O)N[C@@H](CC(C)C)C(=O)O)CCNCC1. The monoisotopic (exact) mass is 286 g/mol. The summed E-state index contributed by atoms with van der Waals surface area (Å²) in [6.45, 7) is 5.71. The van der Waals surface area contributed by atoms with Gasteiger partial charge in [0.05, 0.1) is 12.0 Å². The van der Waals surface area contributed by atoms with Crippen LogP contribution in [0.2, 0.25) is 0 Å². The predicted octanol–water partition coefficient (Wildman–Crippen LogP) is 0.618. The number of nitrogens with one attached hydrogen (secondary N) is 2. The first-order valence-electron chi connectivity index (χ1n) is 7.15. The molecule has 6 nitrogen and oxygen atoms in total. The molecule has 0 aromatic heterocycles. The van der Waals surface area contributed by atoms with Gasteiger partial charge in [-0.05, 0) is 38.3 Å². The molecule has 0 bridgehead atoms. The zero-order chi connectivity index (χ0) is 15.2. The molecule has 1 aliphatic rings. The molecule has 0 saturated carbocycles. The third-order valence-corrected chi connectivity index (χ3v) is 3.77. The minimum Gasteiger partial charge on any atom is -0.480 e. The van der Waals surface area contributed by atoms with Gasteiger partial charge in [0, 0.05) is 7.11 Å². The number of amides is 1. The third kappa shape index (κ3) is 4.45. The van der Waals surface area contributed by atoms with Crippen LogP contribution in [0.3, 0.4) is 0 Å². The largest absolute Gasteiger partial charge is 0.480 e. The van der Waals surface area contributed by atoms with Crippen LogP contribution < -0.4 is 10.6 Å². The number of carbonyl (C=O) groups is 2. The molecule has 1 amide bonds. The van der Waals surface area contributed by atoms with Crippen LogP contribution in [-0.4, -0.2) is 49.8 Å². The number of methoxy groups -OCH3 is 1. The maximum Gasteiger partial charge on any atom is 0.326 e. The van der Waals surface area contributed by atoms with Crippen molar-refractivity contribution in [1.29, 1.82) is 0 Å². The molecule has 1 aliphatic heterocycles. The summed E-state index contributed by atoms with van der Waals surface area (Å²) in [6.07, 6.45) is 1.77. The zero-order valence-electron chi connectivity index (χ0n) is 12.6. The molecule has 1 heterocycles. The fraction of sp³-hybridized carbons (Fsp3) is 0.857. The van der Waals surface area contributed by atoms with Gasteiger partial charge in [-0.25, -0.2) is 4.79 Å². The first kappa shape index (κ1) is 16.9. The Morgan fingerprint density at radius 2 is 1.95 bits per heavy atom. The quantitative estimate of drug-likeness (QED) is 0.638. The minimum atomic E-state index is -0.978. The Kier molecular flexibility index (Phi) is 6.42. The summed E-state index contributed by atoms with van der Waals surface area (Å²) in [6, 6.07) is -0.828. The van der Waals surface area contributed by atoms with E-state index in [0.717, 1.165) is 13.1 Å². The zero-order valence-corrected chi connectivity index (χ0v) is 12.6. The number of rotatable bonds is 7. The van der Waals surface area contributed by atoms with Gasteiger partial charge in [-0.3, -0.25) is 4.79 Å². The Bertz CT molecular complexity index is 333. The molecule has 0 aromatic carbocycles. The fourth-order valence-corrected chi connectivity index (χ4v) is 2.62. The maximum atomic E-state index is 12.5. The second-order valence-corrected chi connectivity index (χ2v) is 5.96. The number of hydrogen-bond donors (Lipinski definition) is 3. The first-order chi connectivity index (χ1) is 9.41. The molecule has 0 spiro atoms. The van der Waals surface area contributed by atoms with Gasteiger partial charge >= 0.3 is 5.97 Å². The Morgan fingerprint density at radius 1 is 1.35 bits per heavy atom. The van der Waals surface area contributed by atoms with Gasteiger partial charge < -0.3 is 20.5 Å². The van der Waals surface area contributed by atoms with E-state index in [-0.39, 0.29) is 11.8 Å². The van der Waals surface area contributed by atoms with E-state index >= 15 is 0 Å². The van der Waals surface area contributed by atoms with Crippen molar-refractivity contribution in [3.05, 3.63) is 0 Å². The lowest BCUT2D eigenvalue weighted by atomic mass is 9.78. The Morgan fingerprint density at radius 3 is 2.40 bits per heavy atom. The van der Waals surface area contributed by atoms with E-state index in [0.29, 0.717) is 25.9 Å². The van der Waals surface area contributed by atoms with E-state index in [1.165, 1.54) is 0 Å². The molecule has 1 atom stereocenters. The Labute approximate surface area is 120 Å². The van der Waals surface area contributed by atoms with Crippen molar-refractivity contribution in [2.24, 2.45) is 11.3 Å². The van der Waals surface area contributed by atoms with Gasteiger partial charge in [-0.2, -0.15) is 0 Å². The Balaban J connectivity index is 2.75. The van der Waals surface area contributed by atoms with Crippen molar-refractivity contribution in [3.63, 3.8) is 0 Å². The lowest BCUT2D eigenvalue weighted by Crippen LogP contribution is -2.54. The molecular weight excluding hydrogens is 260 g/mol. The summed E-state index contributed by atoms with van der Waals surface area (Å²) in [7, 11) is 1.57. The highest BCUT2D eigenvalue weighted by Crippen LogP contribution is 2.29. The highest BCUT2D eigenvalue weighted by atomic mass is 16.5. The van der Waals surface area contributed by atoms with E-state index in [4.69, 9.17) is 4.74 Å². The molecule has 1 saturated heterocycles. The second-order valence-electron chi connectivity index (χ2n) is 5.96. The van der Waals surface area contributed by atoms with Gasteiger partial charge in [-0.15, -0.1) is 0 Å². The summed E-state index contributed by atoms with van der Waals surface area (Å²) in [4.78, 5) is 23.8. The van der Waals surface area contributed by atoms with Crippen LogP contribution in [0.25, 0.3) is 0 Å². The molecule has 0 radical (unpaired) electrons. The number of carbonyl (C=O) groups excluding carboxylic acids is 1. The average Bonchev–Trinajstić information content (AvgIpc) is 2.38. The standard InChI is InChI=1S/C14H26N2O4/c1-10(2)8-11(12(17)18)16-13(19)14(9-20-3)4-6-15-7-5-14/h10-11,15H,4-9H2,1-3H3,(H,16,19)(H,17,18)/t11-/m0/s1. The van der Waals surface area contributed by atoms with E-state index in [1.54, 1.807) is 7.11 Å². The van der Waals surface area contributed by atoms with Gasteiger partial charge in [0.15, 0.2) is 0 Å². The highest BCUT2D eigenvalue weighted by Gasteiger charge is 2.41. The second kappa shape index (κ2) is 7.59. The van der Waals surface area contributed by atoms with E-state index in [1.807, 2.05) is 13.8 Å². The van der Waals surface area contributed by atoms with Crippen LogP contribution >= 0.6 is 0 Å². The Hall–Kier alpha value is -1.14. The van der Waals surface area contributed by atoms with Crippen LogP contribution in [0.5, 0.6) is 0 Å². The molecule has 0 unspecified atom stereocenters. The fourth-order valence-electron chi connectivity index (χ4n) is 2.62. The normalized spacial score (nSPS) is 19.6. The van der Waals surface area contributed by atoms with Gasteiger partial charge in [-0.1, -0.05) is 13.8 Å². The first-order valence-corrected chi connectivity index (χ1v) is 7.15. The van der Waals surface area contributed by atoms with Crippen molar-refractivity contribution < 1.29 is 19.4 Å². The minimum absolute atomic E-state index is 0.200. The number of ether oxygens (including phenoxy) is 1. The summed E-state index contributed by atoms with van der Waals surface area (Å²) < 4.78 is 5.19. The van der Waals surface area contributed by atoms with E-state index in [9.17, 15) is 14.7 Å². The lowest BCUT2D eigenvalue weighted by molar-refractivity contribution is -0.146. The number of carboxylic acids is 1. The molecule has 6 heteroatoms. The summed E-state index contributed by atoms with van der Waals surface area (Å²) in [5.41, 5.74) is -0.606. The van der Waals surface area contributed by atoms with Crippen molar-refractivity contribution >= 4 is 11.9 Å². The van der Waals surface area contributed by atoms with Crippen LogP contribution in [0.4, 0.5) is 0 Å². The topological polar surface area (TPSA) is 87.7 Å². The molecule has 3 N–H and O–H groups in total. The van der Waals surface area contributed by atoms with Crippen LogP contribution in [0, 0.1) is 11.3 Å². The van der Waals surface area contributed by atoms with Crippen LogP contribution in [0.1, 0.15) is 33.1 Å². The molecule has 20 heavy (non-hydrogen) atoms. The summed E-state index contributed by atoms with van der Waals surface area (Å²) >= 11 is 0. The molecule has 0 aliphatic carbocycles. The van der Waals surface area contributed by atoms with Crippen molar-refractivity contribution in [3.8, 4) is 0 Å². The van der Waals surface area contributed by atoms with Crippen molar-refractivity contribution in [2.45, 2.75) is 39.2 Å². The smallest absolute Gasteiger partial charge is 0.326 e. The molecule has 1 rings (SSSR count). The van der Waals surface area contributed by atoms with Crippen molar-refractivity contribution in [2.75, 3.05) is 26.8 Å². The van der Waals surface area contributed by atoms with Crippen LogP contribution in [0.15, 0.2) is 0 Å². The average molecular weight is 286 g/mol. The summed E-state index contributed by atoms with van der Waals surface area (Å²) in [5, 5.41) is 15.1. The molecule has 1 fully saturated rings. The lowest BCUT2D eigenvalue weighted by Gasteiger charge is -2.36. The van der Waals surface area contributed by atoms with Gasteiger partial charge in [0.25, 0.3) is 0 Å². The highest BCUT2D eigenvalue weighted by molar-refractivity contribution is 5.87. The van der Waals surface area contributed by atoms with Crippen molar-refractivity contribution in [1.82, 2.24) is 10.6 Å². The number of hydrogen-bond acceptors (Lipinski definition) is 4. The molecule has 116 valence electrons. The van der Waals surface area contributed by atoms with E-state index in [2.05, 4.69) is 10.6 Å². The predicted molar refractivity (Wildman–Crippen MR) is 75.4 cm³/mol. The summed E-state index contributed by atoms with van der Waals surface area (Å²) in [5.74, 6) is -0.967. The molecule has 0 aromatic rings. The van der Waals surface area contributed by atoms with Gasteiger partial charge in [0.2, 0.25) is 5.91 Å². The molecular formula is C14H26N2O4. The van der Waals surface area contributed by atoms with Gasteiger partial charge in [0.1, 0.15) is 6.04 Å². The van der Waals surface area contributed by atoms with Crippen LogP contribution in [-0.2, 0) is 14.3 Å². The number of piperidine rings is 1. The number of aliphatic carboxylic acids is 1. The number of carboxylic acid groups (broad SMARTS) is 1.